The predicted octanol–water partition coefficient (Wildman–Crippen LogP) is 6.70. The number of halogens is 8. The maximum Gasteiger partial charge on any atom is 0.501 e. The summed E-state index contributed by atoms with van der Waals surface area (Å²) >= 11 is 6.50. The highest BCUT2D eigenvalue weighted by Gasteiger charge is 2.55. The van der Waals surface area contributed by atoms with Crippen molar-refractivity contribution in [3.05, 3.63) is 45.3 Å². The molecule has 14 heteroatoms. The Hall–Kier alpha value is -1.64. The van der Waals surface area contributed by atoms with E-state index in [2.05, 4.69) is 31.9 Å². The summed E-state index contributed by atoms with van der Waals surface area (Å²) in [4.78, 5) is -3.91. The summed E-state index contributed by atoms with van der Waals surface area (Å²) in [5.41, 5.74) is -12.1. The van der Waals surface area contributed by atoms with Gasteiger partial charge in [-0.25, -0.2) is 16.8 Å². The van der Waals surface area contributed by atoms with Crippen molar-refractivity contribution < 1.29 is 43.2 Å². The lowest BCUT2D eigenvalue weighted by atomic mass is 9.94. The zero-order chi connectivity index (χ0) is 24.0. The minimum absolute atomic E-state index is 0.128. The van der Waals surface area contributed by atoms with E-state index in [1.807, 2.05) is 0 Å². The lowest BCUT2D eigenvalue weighted by Crippen LogP contribution is -2.30. The van der Waals surface area contributed by atoms with Gasteiger partial charge in [0.05, 0.1) is 0 Å². The fourth-order valence-corrected chi connectivity index (χ4v) is 7.47. The Bertz CT molecular complexity index is 1520. The molecule has 0 saturated carbocycles. The van der Waals surface area contributed by atoms with Gasteiger partial charge in [0, 0.05) is 19.7 Å². The van der Waals surface area contributed by atoms with Gasteiger partial charge in [-0.15, -0.1) is 0 Å². The van der Waals surface area contributed by atoms with Crippen LogP contribution in [0.1, 0.15) is 0 Å². The second-order valence-electron chi connectivity index (χ2n) is 6.64. The molecule has 0 bridgehead atoms. The van der Waals surface area contributed by atoms with Crippen LogP contribution in [-0.4, -0.2) is 27.9 Å². The van der Waals surface area contributed by atoms with Crippen molar-refractivity contribution in [2.24, 2.45) is 0 Å². The van der Waals surface area contributed by atoms with Crippen molar-refractivity contribution in [1.29, 1.82) is 0 Å². The van der Waals surface area contributed by atoms with Gasteiger partial charge in [-0.2, -0.15) is 26.3 Å². The summed E-state index contributed by atoms with van der Waals surface area (Å²) in [5, 5.41) is -1.49. The molecule has 0 aliphatic carbocycles. The molecule has 0 aliphatic rings. The highest BCUT2D eigenvalue weighted by Crippen LogP contribution is 2.51. The molecule has 4 aromatic carbocycles. The van der Waals surface area contributed by atoms with Crippen LogP contribution in [0.15, 0.2) is 55.1 Å². The lowest BCUT2D eigenvalue weighted by Gasteiger charge is -2.22. The van der Waals surface area contributed by atoms with Crippen molar-refractivity contribution in [1.82, 2.24) is 0 Å². The van der Waals surface area contributed by atoms with E-state index in [-0.39, 0.29) is 21.5 Å². The van der Waals surface area contributed by atoms with Gasteiger partial charge in [0.25, 0.3) is 19.7 Å². The van der Waals surface area contributed by atoms with Crippen LogP contribution in [0.4, 0.5) is 26.3 Å². The largest absolute Gasteiger partial charge is 0.501 e. The topological polar surface area (TPSA) is 68.3 Å². The molecule has 4 rings (SSSR count). The number of alkyl halides is 6. The zero-order valence-corrected chi connectivity index (χ0v) is 19.7. The van der Waals surface area contributed by atoms with Crippen molar-refractivity contribution >= 4 is 83.9 Å². The first-order valence-corrected chi connectivity index (χ1v) is 12.8. The molecule has 4 nitrogen and oxygen atoms in total. The van der Waals surface area contributed by atoms with Gasteiger partial charge >= 0.3 is 11.0 Å². The normalized spacial score (nSPS) is 14.1. The molecule has 0 saturated heterocycles. The van der Waals surface area contributed by atoms with E-state index >= 15 is 0 Å². The number of sulfone groups is 2. The zero-order valence-electron chi connectivity index (χ0n) is 14.9. The first kappa shape index (κ1) is 23.5. The van der Waals surface area contributed by atoms with E-state index in [4.69, 9.17) is 0 Å². The van der Waals surface area contributed by atoms with E-state index in [1.165, 1.54) is 12.1 Å². The maximum atomic E-state index is 13.6. The van der Waals surface area contributed by atoms with Gasteiger partial charge in [-0.05, 0) is 53.4 Å². The van der Waals surface area contributed by atoms with E-state index in [0.29, 0.717) is 8.95 Å². The Morgan fingerprint density at radius 3 is 1.12 bits per heavy atom. The minimum atomic E-state index is -6.53. The Kier molecular flexibility index (Phi) is 5.10. The summed E-state index contributed by atoms with van der Waals surface area (Å²) in [6, 6.07) is 6.76. The molecule has 4 aromatic rings. The average molecular weight is 624 g/mol. The molecular weight excluding hydrogens is 618 g/mol. The van der Waals surface area contributed by atoms with Crippen molar-refractivity contribution in [2.75, 3.05) is 0 Å². The summed E-state index contributed by atoms with van der Waals surface area (Å²) in [6.07, 6.45) is 0. The molecule has 170 valence electrons. The Morgan fingerprint density at radius 1 is 0.562 bits per heavy atom. The number of rotatable bonds is 2. The number of hydrogen-bond acceptors (Lipinski definition) is 4. The number of benzene rings is 4. The van der Waals surface area contributed by atoms with E-state index in [1.54, 1.807) is 0 Å². The van der Waals surface area contributed by atoms with Gasteiger partial charge in [-0.3, -0.25) is 0 Å². The molecule has 32 heavy (non-hydrogen) atoms. The fourth-order valence-electron chi connectivity index (χ4n) is 3.63. The first-order valence-electron chi connectivity index (χ1n) is 8.23. The van der Waals surface area contributed by atoms with Crippen LogP contribution in [0.5, 0.6) is 0 Å². The van der Waals surface area contributed by atoms with Crippen LogP contribution in [-0.2, 0) is 19.7 Å². The molecule has 0 heterocycles. The molecule has 0 aliphatic heterocycles. The molecule has 0 fully saturated rings. The second-order valence-corrected chi connectivity index (χ2v) is 12.0. The molecule has 0 aromatic heterocycles. The second kappa shape index (κ2) is 6.93. The van der Waals surface area contributed by atoms with Gasteiger partial charge in [0.15, 0.2) is 0 Å². The van der Waals surface area contributed by atoms with Crippen LogP contribution >= 0.6 is 31.9 Å². The average Bonchev–Trinajstić information content (AvgIpc) is 2.67. The third kappa shape index (κ3) is 2.98. The van der Waals surface area contributed by atoms with Crippen molar-refractivity contribution in [2.45, 2.75) is 20.8 Å². The molecular formula is C18H6Br2F6O4S2. The van der Waals surface area contributed by atoms with Gasteiger partial charge in [0.1, 0.15) is 9.79 Å². The summed E-state index contributed by atoms with van der Waals surface area (Å²) in [5.74, 6) is 0. The lowest BCUT2D eigenvalue weighted by molar-refractivity contribution is -0.0455. The Balaban J connectivity index is 2.52. The van der Waals surface area contributed by atoms with Gasteiger partial charge in [-0.1, -0.05) is 36.4 Å². The SMILES string of the molecule is O=S(=O)(c1c(S(=O)(=O)C(F)(F)F)c2cccc3c(Br)c(Br)c4cccc1c4c32)C(F)(F)F. The molecule has 0 unspecified atom stereocenters. The predicted molar refractivity (Wildman–Crippen MR) is 112 cm³/mol. The van der Waals surface area contributed by atoms with E-state index in [9.17, 15) is 43.2 Å². The van der Waals surface area contributed by atoms with Crippen molar-refractivity contribution in [3.8, 4) is 0 Å². The third-order valence-electron chi connectivity index (χ3n) is 4.89. The van der Waals surface area contributed by atoms with Crippen molar-refractivity contribution in [3.63, 3.8) is 0 Å². The molecule has 0 atom stereocenters. The quantitative estimate of drug-likeness (QED) is 0.184. The third-order valence-corrected chi connectivity index (χ3v) is 10.3. The number of hydrogen-bond donors (Lipinski definition) is 0. The summed E-state index contributed by atoms with van der Waals surface area (Å²) < 4.78 is 132. The molecule has 0 N–H and O–H groups in total. The standard InChI is InChI=1S/C18H6Br2F6O4S2/c19-13-7-3-1-5-9-11(7)12-8(14(13)20)4-2-6-10(12)16(32(29,30)18(24,25)26)15(9)31(27,28)17(21,22)23/h1-6H. The van der Waals surface area contributed by atoms with Crippen LogP contribution in [0.3, 0.4) is 0 Å². The Labute approximate surface area is 192 Å². The van der Waals surface area contributed by atoms with E-state index < -0.39 is 51.3 Å². The smallest absolute Gasteiger partial charge is 0.214 e. The fraction of sp³-hybridized carbons (Fsp3) is 0.111. The Morgan fingerprint density at radius 2 is 0.844 bits per heavy atom. The first-order chi connectivity index (χ1) is 14.5. The highest BCUT2D eigenvalue weighted by molar-refractivity contribution is 9.13. The molecule has 0 radical (unpaired) electrons. The summed E-state index contributed by atoms with van der Waals surface area (Å²) in [6.45, 7) is 0. The molecule has 0 spiro atoms. The summed E-state index contributed by atoms with van der Waals surface area (Å²) in [7, 11) is -13.1. The van der Waals surface area contributed by atoms with Gasteiger partial charge in [0.2, 0.25) is 0 Å². The van der Waals surface area contributed by atoms with Crippen LogP contribution in [0.25, 0.3) is 32.3 Å². The van der Waals surface area contributed by atoms with Crippen LogP contribution in [0.2, 0.25) is 0 Å². The van der Waals surface area contributed by atoms with E-state index in [0.717, 1.165) is 24.3 Å². The molecule has 0 amide bonds. The van der Waals surface area contributed by atoms with Crippen LogP contribution in [0, 0.1) is 0 Å². The van der Waals surface area contributed by atoms with Gasteiger partial charge < -0.3 is 0 Å². The monoisotopic (exact) mass is 622 g/mol. The minimum Gasteiger partial charge on any atom is -0.214 e. The van der Waals surface area contributed by atoms with Crippen LogP contribution < -0.4 is 0 Å². The maximum absolute atomic E-state index is 13.6. The highest BCUT2D eigenvalue weighted by atomic mass is 79.9.